The van der Waals surface area contributed by atoms with E-state index < -0.39 is 15.3 Å². The van der Waals surface area contributed by atoms with Crippen molar-refractivity contribution in [2.75, 3.05) is 26.2 Å². The Kier molecular flexibility index (Phi) is 4.04. The molecule has 0 spiro atoms. The molecule has 2 unspecified atom stereocenters. The van der Waals surface area contributed by atoms with Gasteiger partial charge in [0.15, 0.2) is 5.25 Å². The Labute approximate surface area is 89.7 Å². The first-order valence-electron chi connectivity index (χ1n) is 4.72. The molecular formula is C8H15N3O3S. The van der Waals surface area contributed by atoms with Crippen molar-refractivity contribution < 1.29 is 13.2 Å². The molecule has 0 radical (unpaired) electrons. The molecule has 0 aromatic carbocycles. The summed E-state index contributed by atoms with van der Waals surface area (Å²) in [6.07, 6.45) is -0.264. The van der Waals surface area contributed by atoms with Gasteiger partial charge in [-0.25, -0.2) is 8.42 Å². The normalized spacial score (nSPS) is 25.8. The Balaban J connectivity index is 2.76. The largest absolute Gasteiger partial charge is 0.374 e. The number of hydrogen-bond acceptors (Lipinski definition) is 5. The maximum atomic E-state index is 11.8. The van der Waals surface area contributed by atoms with Gasteiger partial charge < -0.3 is 10.5 Å². The Hall–Kier alpha value is -0.680. The van der Waals surface area contributed by atoms with Crippen molar-refractivity contribution in [2.24, 2.45) is 5.73 Å². The summed E-state index contributed by atoms with van der Waals surface area (Å²) in [5, 5.41) is 7.59. The molecule has 0 bridgehead atoms. The molecular weight excluding hydrogens is 218 g/mol. The van der Waals surface area contributed by atoms with Crippen LogP contribution in [0.15, 0.2) is 0 Å². The minimum Gasteiger partial charge on any atom is -0.374 e. The quantitative estimate of drug-likeness (QED) is 0.666. The molecule has 1 fully saturated rings. The minimum atomic E-state index is -3.52. The number of nitrogens with two attached hydrogens (primary N) is 1. The zero-order valence-electron chi connectivity index (χ0n) is 8.59. The van der Waals surface area contributed by atoms with E-state index in [1.165, 1.54) is 11.2 Å². The highest BCUT2D eigenvalue weighted by molar-refractivity contribution is 7.89. The van der Waals surface area contributed by atoms with Gasteiger partial charge in [0.1, 0.15) is 0 Å². The lowest BCUT2D eigenvalue weighted by Crippen LogP contribution is -2.50. The van der Waals surface area contributed by atoms with Crippen LogP contribution >= 0.6 is 0 Å². The number of nitrogens with zero attached hydrogens (tertiary/aromatic N) is 2. The predicted molar refractivity (Wildman–Crippen MR) is 54.4 cm³/mol. The lowest BCUT2D eigenvalue weighted by molar-refractivity contribution is 0.00440. The van der Waals surface area contributed by atoms with E-state index in [1.807, 2.05) is 0 Å². The number of sulfonamides is 1. The smallest absolute Gasteiger partial charge is 0.230 e. The van der Waals surface area contributed by atoms with Crippen LogP contribution in [-0.2, 0) is 14.8 Å². The van der Waals surface area contributed by atoms with Crippen LogP contribution < -0.4 is 5.73 Å². The highest BCUT2D eigenvalue weighted by Crippen LogP contribution is 2.13. The lowest BCUT2D eigenvalue weighted by Gasteiger charge is -2.32. The molecule has 86 valence electrons. The van der Waals surface area contributed by atoms with Gasteiger partial charge in [0, 0.05) is 19.6 Å². The monoisotopic (exact) mass is 233 g/mol. The van der Waals surface area contributed by atoms with Crippen LogP contribution in [0.5, 0.6) is 0 Å². The van der Waals surface area contributed by atoms with Crippen LogP contribution in [0.25, 0.3) is 0 Å². The van der Waals surface area contributed by atoms with Gasteiger partial charge in [0.05, 0.1) is 18.8 Å². The van der Waals surface area contributed by atoms with Gasteiger partial charge in [-0.2, -0.15) is 9.57 Å². The van der Waals surface area contributed by atoms with E-state index >= 15 is 0 Å². The van der Waals surface area contributed by atoms with E-state index in [2.05, 4.69) is 0 Å². The van der Waals surface area contributed by atoms with Crippen LogP contribution in [0.3, 0.4) is 0 Å². The molecule has 15 heavy (non-hydrogen) atoms. The summed E-state index contributed by atoms with van der Waals surface area (Å²) in [6, 6.07) is 1.73. The third kappa shape index (κ3) is 2.66. The zero-order valence-corrected chi connectivity index (χ0v) is 9.40. The Morgan fingerprint density at radius 3 is 2.93 bits per heavy atom. The summed E-state index contributed by atoms with van der Waals surface area (Å²) in [7, 11) is -3.52. The molecule has 6 nitrogen and oxygen atoms in total. The maximum absolute atomic E-state index is 11.8. The molecule has 1 rings (SSSR count). The third-order valence-corrected chi connectivity index (χ3v) is 4.40. The molecule has 0 amide bonds. The molecule has 0 saturated carbocycles. The molecule has 1 aliphatic rings. The summed E-state index contributed by atoms with van der Waals surface area (Å²) in [5.74, 6) is 0. The van der Waals surface area contributed by atoms with E-state index in [4.69, 9.17) is 15.7 Å². The molecule has 0 aliphatic carbocycles. The van der Waals surface area contributed by atoms with Gasteiger partial charge in [-0.1, -0.05) is 0 Å². The molecule has 0 aromatic heterocycles. The van der Waals surface area contributed by atoms with E-state index in [0.717, 1.165) is 0 Å². The van der Waals surface area contributed by atoms with Crippen LogP contribution in [0.2, 0.25) is 0 Å². The van der Waals surface area contributed by atoms with E-state index in [-0.39, 0.29) is 19.2 Å². The summed E-state index contributed by atoms with van der Waals surface area (Å²) in [5.41, 5.74) is 5.41. The third-order valence-electron chi connectivity index (χ3n) is 2.35. The summed E-state index contributed by atoms with van der Waals surface area (Å²) in [4.78, 5) is 0. The van der Waals surface area contributed by atoms with Crippen molar-refractivity contribution in [3.05, 3.63) is 0 Å². The topological polar surface area (TPSA) is 96.4 Å². The second-order valence-corrected chi connectivity index (χ2v) is 5.66. The molecule has 1 saturated heterocycles. The number of rotatable bonds is 3. The maximum Gasteiger partial charge on any atom is 0.230 e. The van der Waals surface area contributed by atoms with Crippen LogP contribution in [0.4, 0.5) is 0 Å². The zero-order chi connectivity index (χ0) is 11.5. The molecule has 1 heterocycles. The molecule has 1 aliphatic heterocycles. The van der Waals surface area contributed by atoms with Crippen molar-refractivity contribution in [2.45, 2.75) is 18.3 Å². The van der Waals surface area contributed by atoms with E-state index in [0.29, 0.717) is 13.2 Å². The predicted octanol–water partition coefficient (Wildman–Crippen LogP) is -1.11. The summed E-state index contributed by atoms with van der Waals surface area (Å²) >= 11 is 0. The van der Waals surface area contributed by atoms with Crippen LogP contribution in [0.1, 0.15) is 6.92 Å². The number of hydrogen-bond donors (Lipinski definition) is 1. The average molecular weight is 233 g/mol. The molecule has 7 heteroatoms. The first kappa shape index (κ1) is 12.4. The Morgan fingerprint density at radius 2 is 2.40 bits per heavy atom. The van der Waals surface area contributed by atoms with Crippen molar-refractivity contribution in [3.63, 3.8) is 0 Å². The van der Waals surface area contributed by atoms with E-state index in [1.54, 1.807) is 6.07 Å². The molecule has 2 atom stereocenters. The first-order valence-corrected chi connectivity index (χ1v) is 6.23. The first-order chi connectivity index (χ1) is 7.02. The summed E-state index contributed by atoms with van der Waals surface area (Å²) in [6.45, 7) is 2.53. The minimum absolute atomic E-state index is 0.241. The molecule has 0 aromatic rings. The van der Waals surface area contributed by atoms with E-state index in [9.17, 15) is 8.42 Å². The fraction of sp³-hybridized carbons (Fsp3) is 0.875. The number of ether oxygens (including phenoxy) is 1. The summed E-state index contributed by atoms with van der Waals surface area (Å²) < 4.78 is 30.1. The average Bonchev–Trinajstić information content (AvgIpc) is 2.27. The van der Waals surface area contributed by atoms with Crippen molar-refractivity contribution in [1.82, 2.24) is 4.31 Å². The number of morpholine rings is 1. The second kappa shape index (κ2) is 4.90. The fourth-order valence-corrected chi connectivity index (χ4v) is 2.64. The van der Waals surface area contributed by atoms with Gasteiger partial charge in [0.25, 0.3) is 0 Å². The van der Waals surface area contributed by atoms with Crippen LogP contribution in [0, 0.1) is 11.3 Å². The van der Waals surface area contributed by atoms with Crippen LogP contribution in [-0.4, -0.2) is 50.3 Å². The van der Waals surface area contributed by atoms with Crippen molar-refractivity contribution >= 4 is 10.0 Å². The number of nitriles is 1. The highest BCUT2D eigenvalue weighted by Gasteiger charge is 2.32. The standard InChI is InChI=1S/C8H15N3O3S/c1-7(4-9)15(12,13)11-2-3-14-8(5-10)6-11/h7-8H,2-3,5-6,10H2,1H3. The highest BCUT2D eigenvalue weighted by atomic mass is 32.2. The Morgan fingerprint density at radius 1 is 1.73 bits per heavy atom. The van der Waals surface area contributed by atoms with Gasteiger partial charge in [-0.15, -0.1) is 0 Å². The van der Waals surface area contributed by atoms with Crippen molar-refractivity contribution in [3.8, 4) is 6.07 Å². The van der Waals surface area contributed by atoms with Gasteiger partial charge in [-0.05, 0) is 6.92 Å². The van der Waals surface area contributed by atoms with Gasteiger partial charge in [0.2, 0.25) is 10.0 Å². The second-order valence-electron chi connectivity index (χ2n) is 3.40. The fourth-order valence-electron chi connectivity index (χ4n) is 1.36. The van der Waals surface area contributed by atoms with Gasteiger partial charge >= 0.3 is 0 Å². The SMILES string of the molecule is CC(C#N)S(=O)(=O)N1CCOC(CN)C1. The Bertz CT molecular complexity index is 349. The van der Waals surface area contributed by atoms with Crippen molar-refractivity contribution in [1.29, 1.82) is 5.26 Å². The van der Waals surface area contributed by atoms with Gasteiger partial charge in [-0.3, -0.25) is 0 Å². The molecule has 2 N–H and O–H groups in total. The lowest BCUT2D eigenvalue weighted by atomic mass is 10.3.